The van der Waals surface area contributed by atoms with Crippen LogP contribution < -0.4 is 10.6 Å². The van der Waals surface area contributed by atoms with Crippen molar-refractivity contribution in [2.75, 3.05) is 10.6 Å². The number of anilines is 2. The summed E-state index contributed by atoms with van der Waals surface area (Å²) in [4.78, 5) is 22.7. The van der Waals surface area contributed by atoms with Gasteiger partial charge in [0.2, 0.25) is 5.91 Å². The Labute approximate surface area is 140 Å². The number of rotatable bonds is 5. The fourth-order valence-electron chi connectivity index (χ4n) is 2.67. The Balaban J connectivity index is 2.29. The first-order chi connectivity index (χ1) is 10.9. The molecule has 1 aliphatic rings. The third kappa shape index (κ3) is 4.58. The first-order valence-corrected chi connectivity index (χ1v) is 8.31. The highest BCUT2D eigenvalue weighted by Gasteiger charge is 2.22. The van der Waals surface area contributed by atoms with Crippen LogP contribution in [-0.2, 0) is 4.79 Å². The molecule has 0 saturated heterocycles. The van der Waals surface area contributed by atoms with Gasteiger partial charge in [0.1, 0.15) is 5.69 Å². The minimum Gasteiger partial charge on any atom is -0.377 e. The molecule has 0 spiro atoms. The summed E-state index contributed by atoms with van der Waals surface area (Å²) in [6.45, 7) is 3.55. The zero-order valence-electron chi connectivity index (χ0n) is 13.4. The Morgan fingerprint density at radius 1 is 1.26 bits per heavy atom. The quantitative estimate of drug-likeness (QED) is 0.607. The number of hydrogen-bond donors (Lipinski definition) is 2. The van der Waals surface area contributed by atoms with Crippen LogP contribution in [0.1, 0.15) is 46.0 Å². The van der Waals surface area contributed by atoms with Gasteiger partial charge in [-0.05, 0) is 18.9 Å². The van der Waals surface area contributed by atoms with Crippen LogP contribution in [0.15, 0.2) is 12.1 Å². The Hall–Kier alpha value is -1.82. The van der Waals surface area contributed by atoms with E-state index in [1.165, 1.54) is 12.5 Å². The molecule has 126 valence electrons. The van der Waals surface area contributed by atoms with E-state index in [0.717, 1.165) is 25.7 Å². The number of amides is 1. The van der Waals surface area contributed by atoms with Gasteiger partial charge in [0.05, 0.1) is 15.6 Å². The van der Waals surface area contributed by atoms with Crippen molar-refractivity contribution in [3.63, 3.8) is 0 Å². The number of benzene rings is 1. The summed E-state index contributed by atoms with van der Waals surface area (Å²) >= 11 is 6.09. The molecule has 7 heteroatoms. The Kier molecular flexibility index (Phi) is 5.82. The summed E-state index contributed by atoms with van der Waals surface area (Å²) in [5.74, 6) is -0.375. The maximum Gasteiger partial charge on any atom is 0.293 e. The fraction of sp³-hybridized carbons (Fsp3) is 0.562. The molecule has 0 bridgehead atoms. The van der Waals surface area contributed by atoms with Gasteiger partial charge in [0.15, 0.2) is 0 Å². The maximum absolute atomic E-state index is 11.9. The summed E-state index contributed by atoms with van der Waals surface area (Å²) in [5, 5.41) is 17.4. The van der Waals surface area contributed by atoms with E-state index in [1.54, 1.807) is 19.9 Å². The van der Waals surface area contributed by atoms with Crippen molar-refractivity contribution in [3.05, 3.63) is 27.3 Å². The van der Waals surface area contributed by atoms with E-state index in [4.69, 9.17) is 11.6 Å². The third-order valence-electron chi connectivity index (χ3n) is 4.03. The highest BCUT2D eigenvalue weighted by Crippen LogP contribution is 2.36. The standard InChI is InChI=1S/C16H22ClN3O3/c1-10(2)16(21)19-13-9-14(15(20(22)23)8-12(13)17)18-11-6-4-3-5-7-11/h8-11,18H,3-7H2,1-2H3,(H,19,21). The van der Waals surface area contributed by atoms with Crippen LogP contribution in [0.2, 0.25) is 5.02 Å². The van der Waals surface area contributed by atoms with E-state index >= 15 is 0 Å². The molecule has 1 aromatic carbocycles. The van der Waals surface area contributed by atoms with Gasteiger partial charge in [0, 0.05) is 18.0 Å². The summed E-state index contributed by atoms with van der Waals surface area (Å²) in [6.07, 6.45) is 5.43. The lowest BCUT2D eigenvalue weighted by molar-refractivity contribution is -0.384. The second-order valence-electron chi connectivity index (χ2n) is 6.23. The molecule has 0 aromatic heterocycles. The average Bonchev–Trinajstić information content (AvgIpc) is 2.50. The summed E-state index contributed by atoms with van der Waals surface area (Å²) in [6, 6.07) is 3.08. The summed E-state index contributed by atoms with van der Waals surface area (Å²) in [5.41, 5.74) is 0.739. The molecule has 1 amide bonds. The monoisotopic (exact) mass is 339 g/mol. The molecule has 6 nitrogen and oxygen atoms in total. The number of hydrogen-bond acceptors (Lipinski definition) is 4. The topological polar surface area (TPSA) is 84.3 Å². The van der Waals surface area contributed by atoms with E-state index in [9.17, 15) is 14.9 Å². The van der Waals surface area contributed by atoms with E-state index in [1.807, 2.05) is 0 Å². The zero-order valence-corrected chi connectivity index (χ0v) is 14.2. The second kappa shape index (κ2) is 7.64. The number of nitrogens with zero attached hydrogens (tertiary/aromatic N) is 1. The molecule has 1 saturated carbocycles. The largest absolute Gasteiger partial charge is 0.377 e. The van der Waals surface area contributed by atoms with Gasteiger partial charge in [0.25, 0.3) is 5.69 Å². The molecule has 0 atom stereocenters. The van der Waals surface area contributed by atoms with Crippen LogP contribution in [0.4, 0.5) is 17.1 Å². The molecule has 1 fully saturated rings. The molecule has 0 heterocycles. The molecular formula is C16H22ClN3O3. The van der Waals surface area contributed by atoms with Gasteiger partial charge in [-0.2, -0.15) is 0 Å². The predicted molar refractivity (Wildman–Crippen MR) is 92.1 cm³/mol. The van der Waals surface area contributed by atoms with E-state index < -0.39 is 4.92 Å². The van der Waals surface area contributed by atoms with Gasteiger partial charge in [-0.3, -0.25) is 14.9 Å². The Bertz CT molecular complexity index is 598. The van der Waals surface area contributed by atoms with Crippen molar-refractivity contribution < 1.29 is 9.72 Å². The van der Waals surface area contributed by atoms with Crippen molar-refractivity contribution in [2.45, 2.75) is 52.0 Å². The first kappa shape index (κ1) is 17.5. The van der Waals surface area contributed by atoms with Gasteiger partial charge in [-0.25, -0.2) is 0 Å². The van der Waals surface area contributed by atoms with E-state index in [0.29, 0.717) is 11.4 Å². The molecule has 0 radical (unpaired) electrons. The molecule has 1 aromatic rings. The van der Waals surface area contributed by atoms with Crippen LogP contribution in [-0.4, -0.2) is 16.9 Å². The molecule has 2 N–H and O–H groups in total. The molecular weight excluding hydrogens is 318 g/mol. The van der Waals surface area contributed by atoms with Crippen LogP contribution in [0.25, 0.3) is 0 Å². The third-order valence-corrected chi connectivity index (χ3v) is 4.34. The molecule has 1 aliphatic carbocycles. The van der Waals surface area contributed by atoms with Crippen molar-refractivity contribution in [2.24, 2.45) is 5.92 Å². The Morgan fingerprint density at radius 2 is 1.91 bits per heavy atom. The minimum absolute atomic E-state index is 0.0666. The van der Waals surface area contributed by atoms with Gasteiger partial charge >= 0.3 is 0 Å². The maximum atomic E-state index is 11.9. The van der Waals surface area contributed by atoms with Crippen molar-refractivity contribution >= 4 is 34.6 Å². The van der Waals surface area contributed by atoms with E-state index in [-0.39, 0.29) is 28.6 Å². The van der Waals surface area contributed by atoms with E-state index in [2.05, 4.69) is 10.6 Å². The van der Waals surface area contributed by atoms with Crippen molar-refractivity contribution in [3.8, 4) is 0 Å². The number of carbonyl (C=O) groups excluding carboxylic acids is 1. The Morgan fingerprint density at radius 3 is 2.48 bits per heavy atom. The van der Waals surface area contributed by atoms with Crippen molar-refractivity contribution in [1.29, 1.82) is 0 Å². The van der Waals surface area contributed by atoms with Gasteiger partial charge in [-0.15, -0.1) is 0 Å². The lowest BCUT2D eigenvalue weighted by Gasteiger charge is -2.24. The minimum atomic E-state index is -0.453. The summed E-state index contributed by atoms with van der Waals surface area (Å²) < 4.78 is 0. The normalized spacial score (nSPS) is 15.5. The molecule has 23 heavy (non-hydrogen) atoms. The van der Waals surface area contributed by atoms with Gasteiger partial charge in [-0.1, -0.05) is 44.7 Å². The van der Waals surface area contributed by atoms with Crippen LogP contribution in [0, 0.1) is 16.0 Å². The predicted octanol–water partition coefficient (Wildman–Crippen LogP) is 4.59. The first-order valence-electron chi connectivity index (χ1n) is 7.94. The highest BCUT2D eigenvalue weighted by molar-refractivity contribution is 6.34. The lowest BCUT2D eigenvalue weighted by atomic mass is 9.95. The smallest absolute Gasteiger partial charge is 0.293 e. The van der Waals surface area contributed by atoms with Crippen LogP contribution in [0.5, 0.6) is 0 Å². The average molecular weight is 340 g/mol. The van der Waals surface area contributed by atoms with Gasteiger partial charge < -0.3 is 10.6 Å². The molecule has 2 rings (SSSR count). The zero-order chi connectivity index (χ0) is 17.0. The van der Waals surface area contributed by atoms with Crippen LogP contribution in [0.3, 0.4) is 0 Å². The SMILES string of the molecule is CC(C)C(=O)Nc1cc(NC2CCCCC2)c([N+](=O)[O-])cc1Cl. The number of halogens is 1. The molecule has 0 unspecified atom stereocenters. The number of nitro benzene ring substituents is 1. The lowest BCUT2D eigenvalue weighted by Crippen LogP contribution is -2.23. The number of nitrogens with one attached hydrogen (secondary N) is 2. The second-order valence-corrected chi connectivity index (χ2v) is 6.64. The number of nitro groups is 1. The summed E-state index contributed by atoms with van der Waals surface area (Å²) in [7, 11) is 0. The number of carbonyl (C=O) groups is 1. The van der Waals surface area contributed by atoms with Crippen molar-refractivity contribution in [1.82, 2.24) is 0 Å². The van der Waals surface area contributed by atoms with Crippen LogP contribution >= 0.6 is 11.6 Å². The molecule has 0 aliphatic heterocycles. The highest BCUT2D eigenvalue weighted by atomic mass is 35.5. The fourth-order valence-corrected chi connectivity index (χ4v) is 2.87.